The molecule has 0 aliphatic rings. The Morgan fingerprint density at radius 3 is 2.00 bits per heavy atom. The van der Waals surface area contributed by atoms with Gasteiger partial charge in [-0.25, -0.2) is 0 Å². The second kappa shape index (κ2) is 8.24. The quantitative estimate of drug-likeness (QED) is 0.571. The summed E-state index contributed by atoms with van der Waals surface area (Å²) in [6, 6.07) is 11.9. The minimum Gasteiger partial charge on any atom is -0.496 e. The summed E-state index contributed by atoms with van der Waals surface area (Å²) in [7, 11) is 4.84. The smallest absolute Gasteiger partial charge is 0.135 e. The van der Waals surface area contributed by atoms with Crippen LogP contribution in [0.15, 0.2) is 41.5 Å². The Labute approximate surface area is 143 Å². The maximum atomic E-state index is 5.45. The van der Waals surface area contributed by atoms with E-state index < -0.39 is 0 Å². The lowest BCUT2D eigenvalue weighted by Gasteiger charge is -2.18. The highest BCUT2D eigenvalue weighted by Crippen LogP contribution is 2.32. The Kier molecular flexibility index (Phi) is 6.07. The van der Waals surface area contributed by atoms with Gasteiger partial charge in [-0.05, 0) is 26.0 Å². The molecule has 0 aromatic heterocycles. The third-order valence-electron chi connectivity index (χ3n) is 3.71. The number of hydrazone groups is 1. The van der Waals surface area contributed by atoms with Crippen molar-refractivity contribution in [2.45, 2.75) is 13.8 Å². The molecule has 0 amide bonds. The van der Waals surface area contributed by atoms with Crippen LogP contribution in [0, 0.1) is 6.92 Å². The van der Waals surface area contributed by atoms with Gasteiger partial charge in [0.1, 0.15) is 17.2 Å². The number of benzene rings is 2. The van der Waals surface area contributed by atoms with E-state index >= 15 is 0 Å². The van der Waals surface area contributed by atoms with Crippen LogP contribution in [0.4, 0.5) is 5.69 Å². The molecule has 0 heterocycles. The number of hydrogen-bond donors (Lipinski definition) is 0. The van der Waals surface area contributed by atoms with Gasteiger partial charge in [0.05, 0.1) is 38.8 Å². The van der Waals surface area contributed by atoms with Crippen LogP contribution in [0.3, 0.4) is 0 Å². The second-order valence-corrected chi connectivity index (χ2v) is 5.24. The first-order chi connectivity index (χ1) is 11.6. The number of ether oxygens (including phenoxy) is 3. The van der Waals surface area contributed by atoms with Crippen LogP contribution in [0.1, 0.15) is 18.1 Å². The Morgan fingerprint density at radius 2 is 1.54 bits per heavy atom. The van der Waals surface area contributed by atoms with Crippen molar-refractivity contribution in [1.82, 2.24) is 0 Å². The predicted molar refractivity (Wildman–Crippen MR) is 97.9 cm³/mol. The number of anilines is 1. The van der Waals surface area contributed by atoms with Crippen LogP contribution >= 0.6 is 0 Å². The molecule has 128 valence electrons. The van der Waals surface area contributed by atoms with Gasteiger partial charge in [0.15, 0.2) is 0 Å². The number of hydrogen-bond acceptors (Lipinski definition) is 5. The van der Waals surface area contributed by atoms with Crippen molar-refractivity contribution >= 4 is 11.9 Å². The van der Waals surface area contributed by atoms with E-state index in [-0.39, 0.29) is 0 Å². The van der Waals surface area contributed by atoms with Gasteiger partial charge in [-0.3, -0.25) is 5.01 Å². The van der Waals surface area contributed by atoms with E-state index in [1.165, 1.54) is 5.56 Å². The molecule has 5 nitrogen and oxygen atoms in total. The van der Waals surface area contributed by atoms with E-state index in [1.807, 2.05) is 17.1 Å². The Hall–Kier alpha value is -2.69. The third kappa shape index (κ3) is 3.98. The highest BCUT2D eigenvalue weighted by atomic mass is 16.5. The van der Waals surface area contributed by atoms with Crippen molar-refractivity contribution < 1.29 is 14.2 Å². The zero-order chi connectivity index (χ0) is 17.5. The number of aryl methyl sites for hydroxylation is 1. The molecule has 0 aliphatic heterocycles. The average molecular weight is 328 g/mol. The summed E-state index contributed by atoms with van der Waals surface area (Å²) in [5.74, 6) is 1.97. The van der Waals surface area contributed by atoms with Gasteiger partial charge >= 0.3 is 0 Å². The molecular weight excluding hydrogens is 304 g/mol. The third-order valence-corrected chi connectivity index (χ3v) is 3.71. The van der Waals surface area contributed by atoms with E-state index in [4.69, 9.17) is 14.2 Å². The van der Waals surface area contributed by atoms with E-state index in [0.29, 0.717) is 17.2 Å². The molecule has 0 aliphatic carbocycles. The molecular formula is C19H24N2O3. The number of methoxy groups -OCH3 is 3. The maximum absolute atomic E-state index is 5.45. The summed E-state index contributed by atoms with van der Waals surface area (Å²) in [5.41, 5.74) is 3.02. The lowest BCUT2D eigenvalue weighted by Crippen LogP contribution is -2.15. The molecule has 0 saturated heterocycles. The first-order valence-electron chi connectivity index (χ1n) is 7.81. The molecule has 2 aromatic carbocycles. The molecule has 0 fully saturated rings. The van der Waals surface area contributed by atoms with Crippen LogP contribution in [0.5, 0.6) is 17.2 Å². The molecule has 0 N–H and O–H groups in total. The first-order valence-corrected chi connectivity index (χ1v) is 7.81. The summed E-state index contributed by atoms with van der Waals surface area (Å²) in [4.78, 5) is 0. The molecule has 0 unspecified atom stereocenters. The largest absolute Gasteiger partial charge is 0.496 e. The molecule has 0 bridgehead atoms. The lowest BCUT2D eigenvalue weighted by molar-refractivity contribution is 0.374. The molecule has 0 saturated carbocycles. The van der Waals surface area contributed by atoms with Gasteiger partial charge in [-0.15, -0.1) is 0 Å². The molecule has 5 heteroatoms. The summed E-state index contributed by atoms with van der Waals surface area (Å²) < 4.78 is 16.2. The van der Waals surface area contributed by atoms with Crippen molar-refractivity contribution in [3.63, 3.8) is 0 Å². The second-order valence-electron chi connectivity index (χ2n) is 5.24. The number of rotatable bonds is 7. The summed E-state index contributed by atoms with van der Waals surface area (Å²) in [6.07, 6.45) is 1.75. The summed E-state index contributed by atoms with van der Waals surface area (Å²) in [6.45, 7) is 4.87. The molecule has 2 rings (SSSR count). The highest BCUT2D eigenvalue weighted by molar-refractivity contribution is 5.88. The van der Waals surface area contributed by atoms with Gasteiger partial charge in [-0.1, -0.05) is 17.7 Å². The van der Waals surface area contributed by atoms with Crippen molar-refractivity contribution in [1.29, 1.82) is 0 Å². The van der Waals surface area contributed by atoms with Crippen molar-refractivity contribution in [3.05, 3.63) is 47.5 Å². The minimum atomic E-state index is 0.648. The Balaban J connectivity index is 2.37. The molecule has 2 aromatic rings. The maximum Gasteiger partial charge on any atom is 0.135 e. The van der Waals surface area contributed by atoms with Crippen LogP contribution in [0.2, 0.25) is 0 Å². The van der Waals surface area contributed by atoms with Crippen LogP contribution < -0.4 is 19.2 Å². The van der Waals surface area contributed by atoms with E-state index in [9.17, 15) is 0 Å². The Bertz CT molecular complexity index is 671. The van der Waals surface area contributed by atoms with Crippen LogP contribution in [0.25, 0.3) is 0 Å². The van der Waals surface area contributed by atoms with E-state index in [1.54, 1.807) is 27.5 Å². The van der Waals surface area contributed by atoms with E-state index in [2.05, 4.69) is 43.2 Å². The van der Waals surface area contributed by atoms with Crippen molar-refractivity contribution in [2.75, 3.05) is 32.9 Å². The Morgan fingerprint density at radius 1 is 0.958 bits per heavy atom. The highest BCUT2D eigenvalue weighted by Gasteiger charge is 2.12. The fourth-order valence-corrected chi connectivity index (χ4v) is 2.34. The molecule has 0 spiro atoms. The fraction of sp³-hybridized carbons (Fsp3) is 0.316. The van der Waals surface area contributed by atoms with Gasteiger partial charge in [0.25, 0.3) is 0 Å². The number of nitrogens with zero attached hydrogens (tertiary/aromatic N) is 2. The summed E-state index contributed by atoms with van der Waals surface area (Å²) in [5, 5.41) is 6.51. The monoisotopic (exact) mass is 328 g/mol. The topological polar surface area (TPSA) is 43.3 Å². The van der Waals surface area contributed by atoms with Crippen molar-refractivity contribution in [2.24, 2.45) is 5.10 Å². The lowest BCUT2D eigenvalue weighted by atomic mass is 10.2. The van der Waals surface area contributed by atoms with Gasteiger partial charge < -0.3 is 14.2 Å². The SMILES string of the molecule is CCN(/N=C\c1c(OC)cc(OC)cc1OC)c1ccc(C)cc1. The standard InChI is InChI=1S/C19H24N2O3/c1-6-21(15-9-7-14(2)8-10-15)20-13-17-18(23-4)11-16(22-3)12-19(17)24-5/h7-13H,6H2,1-5H3/b20-13-. The van der Waals surface area contributed by atoms with Crippen LogP contribution in [-0.4, -0.2) is 34.1 Å². The predicted octanol–water partition coefficient (Wildman–Crippen LogP) is 3.88. The van der Waals surface area contributed by atoms with Gasteiger partial charge in [0.2, 0.25) is 0 Å². The van der Waals surface area contributed by atoms with Crippen molar-refractivity contribution in [3.8, 4) is 17.2 Å². The summed E-state index contributed by atoms with van der Waals surface area (Å²) >= 11 is 0. The van der Waals surface area contributed by atoms with E-state index in [0.717, 1.165) is 17.8 Å². The zero-order valence-corrected chi connectivity index (χ0v) is 14.9. The average Bonchev–Trinajstić information content (AvgIpc) is 2.63. The fourth-order valence-electron chi connectivity index (χ4n) is 2.34. The molecule has 0 atom stereocenters. The van der Waals surface area contributed by atoms with Gasteiger partial charge in [-0.2, -0.15) is 5.10 Å². The zero-order valence-electron chi connectivity index (χ0n) is 14.9. The van der Waals surface area contributed by atoms with Gasteiger partial charge in [0, 0.05) is 18.7 Å². The first kappa shape index (κ1) is 17.7. The molecule has 24 heavy (non-hydrogen) atoms. The normalized spacial score (nSPS) is 10.7. The molecule has 0 radical (unpaired) electrons. The van der Waals surface area contributed by atoms with Crippen LogP contribution in [-0.2, 0) is 0 Å². The minimum absolute atomic E-state index is 0.648.